The van der Waals surface area contributed by atoms with Crippen LogP contribution in [0.3, 0.4) is 0 Å². The second kappa shape index (κ2) is 5.66. The Balaban J connectivity index is 1.66. The number of hydrogen-bond acceptors (Lipinski definition) is 6. The third-order valence-corrected chi connectivity index (χ3v) is 4.32. The van der Waals surface area contributed by atoms with Gasteiger partial charge in [-0.3, -0.25) is 4.79 Å². The Morgan fingerprint density at radius 2 is 2.13 bits per heavy atom. The van der Waals surface area contributed by atoms with Crippen molar-refractivity contribution in [2.45, 2.75) is 13.3 Å². The lowest BCUT2D eigenvalue weighted by Gasteiger charge is -2.25. The summed E-state index contributed by atoms with van der Waals surface area (Å²) in [4.78, 5) is 18.2. The van der Waals surface area contributed by atoms with Gasteiger partial charge in [0.2, 0.25) is 5.91 Å². The number of carbonyl (C=O) groups is 1. The monoisotopic (exact) mass is 313 g/mol. The fraction of sp³-hybridized carbons (Fsp3) is 0.438. The van der Waals surface area contributed by atoms with Gasteiger partial charge >= 0.3 is 0 Å². The first-order valence-electron chi connectivity index (χ1n) is 7.94. The Hall–Kier alpha value is -2.41. The van der Waals surface area contributed by atoms with E-state index in [2.05, 4.69) is 25.7 Å². The van der Waals surface area contributed by atoms with Crippen molar-refractivity contribution < 1.29 is 9.21 Å². The van der Waals surface area contributed by atoms with Crippen LogP contribution in [0.5, 0.6) is 0 Å². The normalized spacial score (nSPS) is 22.1. The maximum atomic E-state index is 11.4. The lowest BCUT2D eigenvalue weighted by molar-refractivity contribution is -0.121. The number of carbonyl (C=O) groups excluding carboxylic acids is 1. The van der Waals surface area contributed by atoms with Crippen molar-refractivity contribution >= 4 is 28.7 Å². The average molecular weight is 313 g/mol. The molecule has 7 nitrogen and oxygen atoms in total. The van der Waals surface area contributed by atoms with E-state index in [1.807, 2.05) is 25.1 Å². The lowest BCUT2D eigenvalue weighted by Crippen LogP contribution is -2.43. The van der Waals surface area contributed by atoms with Gasteiger partial charge in [-0.25, -0.2) is 5.43 Å². The van der Waals surface area contributed by atoms with Crippen LogP contribution >= 0.6 is 0 Å². The van der Waals surface area contributed by atoms with E-state index < -0.39 is 0 Å². The number of nitrogens with one attached hydrogen (secondary N) is 2. The van der Waals surface area contributed by atoms with Gasteiger partial charge in [0.1, 0.15) is 5.52 Å². The molecule has 1 fully saturated rings. The summed E-state index contributed by atoms with van der Waals surface area (Å²) in [5.41, 5.74) is 6.02. The molecule has 120 valence electrons. The number of amides is 1. The highest BCUT2D eigenvalue weighted by molar-refractivity contribution is 6.07. The number of nitrogens with zero attached hydrogens (tertiary/aromatic N) is 3. The van der Waals surface area contributed by atoms with E-state index in [1.54, 1.807) is 0 Å². The summed E-state index contributed by atoms with van der Waals surface area (Å²) in [5.74, 6) is 0.0606. The first kappa shape index (κ1) is 14.2. The van der Waals surface area contributed by atoms with Crippen LogP contribution in [0.15, 0.2) is 27.7 Å². The molecule has 1 saturated heterocycles. The van der Waals surface area contributed by atoms with Gasteiger partial charge in [-0.2, -0.15) is 10.1 Å². The van der Waals surface area contributed by atoms with Gasteiger partial charge in [0.15, 0.2) is 5.58 Å². The Morgan fingerprint density at radius 1 is 1.30 bits per heavy atom. The van der Waals surface area contributed by atoms with Crippen LogP contribution in [-0.2, 0) is 4.79 Å². The van der Waals surface area contributed by atoms with E-state index in [4.69, 9.17) is 4.42 Å². The van der Waals surface area contributed by atoms with Crippen molar-refractivity contribution in [1.82, 2.24) is 15.7 Å². The summed E-state index contributed by atoms with van der Waals surface area (Å²) >= 11 is 0. The van der Waals surface area contributed by atoms with Gasteiger partial charge in [-0.05, 0) is 18.2 Å². The maximum Gasteiger partial charge on any atom is 0.298 e. The van der Waals surface area contributed by atoms with E-state index in [-0.39, 0.29) is 11.8 Å². The van der Waals surface area contributed by atoms with E-state index in [0.717, 1.165) is 48.6 Å². The number of fused-ring (bicyclic) bond motifs is 1. The van der Waals surface area contributed by atoms with Crippen molar-refractivity contribution in [2.75, 3.05) is 31.1 Å². The summed E-state index contributed by atoms with van der Waals surface area (Å²) in [5, 5.41) is 7.52. The molecule has 0 saturated carbocycles. The number of hydrazone groups is 1. The molecule has 3 heterocycles. The molecule has 1 aromatic heterocycles. The minimum absolute atomic E-state index is 0.0373. The fourth-order valence-corrected chi connectivity index (χ4v) is 3.07. The Bertz CT molecular complexity index is 776. The molecule has 1 aromatic carbocycles. The van der Waals surface area contributed by atoms with Gasteiger partial charge in [0.05, 0.1) is 5.71 Å². The molecule has 0 spiro atoms. The molecule has 4 rings (SSSR count). The SMILES string of the molecule is CC1CC(=O)NN=C1c1ccc2oc(N3CCNCC3)nc2c1. The number of piperazine rings is 1. The van der Waals surface area contributed by atoms with Crippen molar-refractivity contribution in [3.8, 4) is 0 Å². The minimum Gasteiger partial charge on any atom is -0.423 e. The van der Waals surface area contributed by atoms with Gasteiger partial charge < -0.3 is 14.6 Å². The fourth-order valence-electron chi connectivity index (χ4n) is 3.07. The molecule has 2 aromatic rings. The van der Waals surface area contributed by atoms with E-state index in [0.29, 0.717) is 12.4 Å². The Morgan fingerprint density at radius 3 is 2.91 bits per heavy atom. The highest BCUT2D eigenvalue weighted by atomic mass is 16.4. The first-order valence-corrected chi connectivity index (χ1v) is 7.94. The first-order chi connectivity index (χ1) is 11.2. The van der Waals surface area contributed by atoms with Gasteiger partial charge in [-0.1, -0.05) is 6.92 Å². The second-order valence-electron chi connectivity index (χ2n) is 6.05. The zero-order valence-electron chi connectivity index (χ0n) is 13.0. The van der Waals surface area contributed by atoms with Gasteiger partial charge in [0, 0.05) is 44.1 Å². The average Bonchev–Trinajstić information content (AvgIpc) is 2.99. The number of aromatic nitrogens is 1. The number of benzene rings is 1. The molecule has 0 radical (unpaired) electrons. The summed E-state index contributed by atoms with van der Waals surface area (Å²) < 4.78 is 5.87. The van der Waals surface area contributed by atoms with Crippen molar-refractivity contribution in [3.05, 3.63) is 23.8 Å². The van der Waals surface area contributed by atoms with Crippen LogP contribution in [0, 0.1) is 5.92 Å². The second-order valence-corrected chi connectivity index (χ2v) is 6.05. The van der Waals surface area contributed by atoms with Crippen LogP contribution in [0.1, 0.15) is 18.9 Å². The highest BCUT2D eigenvalue weighted by Gasteiger charge is 2.23. The van der Waals surface area contributed by atoms with E-state index in [9.17, 15) is 4.79 Å². The van der Waals surface area contributed by atoms with Crippen LogP contribution in [-0.4, -0.2) is 42.8 Å². The molecule has 2 aliphatic rings. The number of hydrogen-bond donors (Lipinski definition) is 2. The Labute approximate surface area is 133 Å². The largest absolute Gasteiger partial charge is 0.423 e. The molecular formula is C16H19N5O2. The molecule has 1 amide bonds. The highest BCUT2D eigenvalue weighted by Crippen LogP contribution is 2.25. The molecular weight excluding hydrogens is 294 g/mol. The van der Waals surface area contributed by atoms with Crippen molar-refractivity contribution in [3.63, 3.8) is 0 Å². The predicted molar refractivity (Wildman–Crippen MR) is 87.6 cm³/mol. The summed E-state index contributed by atoms with van der Waals surface area (Å²) in [6.45, 7) is 5.69. The zero-order chi connectivity index (χ0) is 15.8. The molecule has 0 bridgehead atoms. The summed E-state index contributed by atoms with van der Waals surface area (Å²) in [6.07, 6.45) is 0.460. The molecule has 23 heavy (non-hydrogen) atoms. The number of rotatable bonds is 2. The zero-order valence-corrected chi connectivity index (χ0v) is 13.0. The Kier molecular flexibility index (Phi) is 3.49. The summed E-state index contributed by atoms with van der Waals surface area (Å²) in [7, 11) is 0. The molecule has 1 unspecified atom stereocenters. The smallest absolute Gasteiger partial charge is 0.298 e. The van der Waals surface area contributed by atoms with Crippen LogP contribution in [0.4, 0.5) is 6.01 Å². The molecule has 2 N–H and O–H groups in total. The van der Waals surface area contributed by atoms with Crippen LogP contribution in [0.2, 0.25) is 0 Å². The van der Waals surface area contributed by atoms with Crippen molar-refractivity contribution in [2.24, 2.45) is 11.0 Å². The molecule has 2 aliphatic heterocycles. The lowest BCUT2D eigenvalue weighted by atomic mass is 9.94. The maximum absolute atomic E-state index is 11.4. The van der Waals surface area contributed by atoms with E-state index >= 15 is 0 Å². The molecule has 1 atom stereocenters. The minimum atomic E-state index is -0.0373. The number of oxazole rings is 1. The number of anilines is 1. The standard InChI is InChI=1S/C16H19N5O2/c1-10-8-14(22)19-20-15(10)11-2-3-13-12(9-11)18-16(23-13)21-6-4-17-5-7-21/h2-3,9-10,17H,4-8H2,1H3,(H,19,22). The van der Waals surface area contributed by atoms with E-state index in [1.165, 1.54) is 0 Å². The van der Waals surface area contributed by atoms with Gasteiger partial charge in [0.25, 0.3) is 6.01 Å². The molecule has 7 heteroatoms. The topological polar surface area (TPSA) is 82.8 Å². The quantitative estimate of drug-likeness (QED) is 0.867. The summed E-state index contributed by atoms with van der Waals surface area (Å²) in [6, 6.07) is 6.56. The van der Waals surface area contributed by atoms with Gasteiger partial charge in [-0.15, -0.1) is 0 Å². The third kappa shape index (κ3) is 2.68. The predicted octanol–water partition coefficient (Wildman–Crippen LogP) is 1.10. The molecule has 0 aliphatic carbocycles. The van der Waals surface area contributed by atoms with Crippen LogP contribution in [0.25, 0.3) is 11.1 Å². The van der Waals surface area contributed by atoms with Crippen molar-refractivity contribution in [1.29, 1.82) is 0 Å². The third-order valence-electron chi connectivity index (χ3n) is 4.32. The van der Waals surface area contributed by atoms with Crippen LogP contribution < -0.4 is 15.6 Å².